The number of likely N-dealkylation sites (N-methyl/N-ethyl adjacent to an activating group) is 1. The topological polar surface area (TPSA) is 46.3 Å². The molecule has 0 heterocycles. The number of nitrogens with zero attached hydrogens (tertiary/aromatic N) is 1. The molecule has 0 bridgehead atoms. The minimum atomic E-state index is -0.280. The maximum Gasteiger partial charge on any atom is 0.232 e. The van der Waals surface area contributed by atoms with E-state index in [9.17, 15) is 4.79 Å². The molecule has 0 saturated heterocycles. The quantitative estimate of drug-likeness (QED) is 0.853. The zero-order valence-electron chi connectivity index (χ0n) is 13.1. The number of benzene rings is 1. The van der Waals surface area contributed by atoms with Crippen molar-refractivity contribution in [1.82, 2.24) is 4.90 Å². The predicted molar refractivity (Wildman–Crippen MR) is 90.1 cm³/mol. The van der Waals surface area contributed by atoms with E-state index in [2.05, 4.69) is 41.9 Å². The van der Waals surface area contributed by atoms with Crippen LogP contribution >= 0.6 is 15.9 Å². The van der Waals surface area contributed by atoms with Gasteiger partial charge in [-0.2, -0.15) is 0 Å². The number of nitrogens with two attached hydrogens (primary N) is 1. The highest BCUT2D eigenvalue weighted by Crippen LogP contribution is 2.49. The molecule has 21 heavy (non-hydrogen) atoms. The highest BCUT2D eigenvalue weighted by Gasteiger charge is 2.52. The van der Waals surface area contributed by atoms with Gasteiger partial charge < -0.3 is 10.6 Å². The summed E-state index contributed by atoms with van der Waals surface area (Å²) in [6.07, 6.45) is 2.76. The molecule has 1 atom stereocenters. The first-order valence-electron chi connectivity index (χ1n) is 7.64. The third-order valence-corrected chi connectivity index (χ3v) is 5.09. The minimum absolute atomic E-state index is 0.156. The van der Waals surface area contributed by atoms with Gasteiger partial charge in [0.1, 0.15) is 0 Å². The van der Waals surface area contributed by atoms with Crippen LogP contribution in [0.1, 0.15) is 38.7 Å². The fourth-order valence-electron chi connectivity index (χ4n) is 2.66. The molecular formula is C17H25BrN2O. The van der Waals surface area contributed by atoms with E-state index in [-0.39, 0.29) is 17.4 Å². The lowest BCUT2D eigenvalue weighted by Crippen LogP contribution is -2.39. The van der Waals surface area contributed by atoms with Crippen LogP contribution in [0.4, 0.5) is 0 Å². The standard InChI is InChI=1S/C17H25BrN2O/c1-12(2)15(19)8-11-20(3)16(21)17(9-10-17)13-4-6-14(18)7-5-13/h4-7,12,15H,8-11,19H2,1-3H3. The molecule has 1 aromatic carbocycles. The molecule has 2 N–H and O–H groups in total. The lowest BCUT2D eigenvalue weighted by molar-refractivity contribution is -0.132. The Bertz CT molecular complexity index is 494. The maximum absolute atomic E-state index is 12.8. The number of halogens is 1. The monoisotopic (exact) mass is 352 g/mol. The van der Waals surface area contributed by atoms with Crippen molar-refractivity contribution in [1.29, 1.82) is 0 Å². The Morgan fingerprint density at radius 2 is 1.90 bits per heavy atom. The fourth-order valence-corrected chi connectivity index (χ4v) is 2.93. The summed E-state index contributed by atoms with van der Waals surface area (Å²) in [6, 6.07) is 8.29. The van der Waals surface area contributed by atoms with E-state index in [0.717, 1.165) is 35.8 Å². The number of carbonyl (C=O) groups excluding carboxylic acids is 1. The molecule has 1 amide bonds. The summed E-state index contributed by atoms with van der Waals surface area (Å²) < 4.78 is 1.05. The van der Waals surface area contributed by atoms with Crippen LogP contribution < -0.4 is 5.73 Å². The lowest BCUT2D eigenvalue weighted by Gasteiger charge is -2.26. The van der Waals surface area contributed by atoms with Crippen LogP contribution in [0.5, 0.6) is 0 Å². The molecule has 1 saturated carbocycles. The second-order valence-corrected chi connectivity index (χ2v) is 7.43. The van der Waals surface area contributed by atoms with Gasteiger partial charge in [0.15, 0.2) is 0 Å². The Kier molecular flexibility index (Phi) is 5.10. The van der Waals surface area contributed by atoms with Crippen molar-refractivity contribution in [2.24, 2.45) is 11.7 Å². The lowest BCUT2D eigenvalue weighted by atomic mass is 9.94. The summed E-state index contributed by atoms with van der Waals surface area (Å²) in [5.74, 6) is 0.690. The molecule has 1 aliphatic rings. The van der Waals surface area contributed by atoms with E-state index in [0.29, 0.717) is 5.92 Å². The Morgan fingerprint density at radius 1 is 1.33 bits per heavy atom. The van der Waals surface area contributed by atoms with Gasteiger partial charge in [0.2, 0.25) is 5.91 Å². The normalized spacial score (nSPS) is 17.6. The van der Waals surface area contributed by atoms with E-state index in [1.807, 2.05) is 24.1 Å². The maximum atomic E-state index is 12.8. The number of carbonyl (C=O) groups is 1. The van der Waals surface area contributed by atoms with Crippen molar-refractivity contribution in [2.75, 3.05) is 13.6 Å². The van der Waals surface area contributed by atoms with Gasteiger partial charge in [-0.3, -0.25) is 4.79 Å². The van der Waals surface area contributed by atoms with Gasteiger partial charge in [-0.05, 0) is 42.9 Å². The SMILES string of the molecule is CC(C)C(N)CCN(C)C(=O)C1(c2ccc(Br)cc2)CC1. The molecule has 1 unspecified atom stereocenters. The summed E-state index contributed by atoms with van der Waals surface area (Å²) in [4.78, 5) is 14.6. The van der Waals surface area contributed by atoms with Crippen molar-refractivity contribution in [3.05, 3.63) is 34.3 Å². The van der Waals surface area contributed by atoms with Crippen LogP contribution in [0.25, 0.3) is 0 Å². The second kappa shape index (κ2) is 6.49. The average Bonchev–Trinajstić information content (AvgIpc) is 3.25. The van der Waals surface area contributed by atoms with Crippen molar-refractivity contribution >= 4 is 21.8 Å². The minimum Gasteiger partial charge on any atom is -0.345 e. The molecule has 1 aromatic rings. The number of amides is 1. The van der Waals surface area contributed by atoms with E-state index in [1.165, 1.54) is 0 Å². The number of hydrogen-bond donors (Lipinski definition) is 1. The van der Waals surface area contributed by atoms with Crippen LogP contribution in [-0.4, -0.2) is 30.4 Å². The highest BCUT2D eigenvalue weighted by atomic mass is 79.9. The third kappa shape index (κ3) is 3.67. The largest absolute Gasteiger partial charge is 0.345 e. The van der Waals surface area contributed by atoms with E-state index in [4.69, 9.17) is 5.73 Å². The molecule has 3 nitrogen and oxygen atoms in total. The summed E-state index contributed by atoms with van der Waals surface area (Å²) in [6.45, 7) is 4.98. The molecule has 0 aromatic heterocycles. The Labute approximate surface area is 136 Å². The molecular weight excluding hydrogens is 328 g/mol. The van der Waals surface area contributed by atoms with Crippen LogP contribution in [-0.2, 0) is 10.2 Å². The van der Waals surface area contributed by atoms with Gasteiger partial charge in [0, 0.05) is 24.1 Å². The van der Waals surface area contributed by atoms with Crippen molar-refractivity contribution in [3.63, 3.8) is 0 Å². The van der Waals surface area contributed by atoms with Gasteiger partial charge in [0.25, 0.3) is 0 Å². The van der Waals surface area contributed by atoms with Crippen LogP contribution in [0.3, 0.4) is 0 Å². The molecule has 0 spiro atoms. The Hall–Kier alpha value is -0.870. The third-order valence-electron chi connectivity index (χ3n) is 4.56. The first-order valence-corrected chi connectivity index (χ1v) is 8.43. The summed E-state index contributed by atoms with van der Waals surface area (Å²) in [7, 11) is 1.90. The van der Waals surface area contributed by atoms with Gasteiger partial charge in [-0.15, -0.1) is 0 Å². The Balaban J connectivity index is 2.00. The first-order chi connectivity index (χ1) is 9.86. The predicted octanol–water partition coefficient (Wildman–Crippen LogP) is 3.31. The van der Waals surface area contributed by atoms with Crippen LogP contribution in [0, 0.1) is 5.92 Å². The highest BCUT2D eigenvalue weighted by molar-refractivity contribution is 9.10. The van der Waals surface area contributed by atoms with Gasteiger partial charge >= 0.3 is 0 Å². The molecule has 0 radical (unpaired) electrons. The van der Waals surface area contributed by atoms with Crippen molar-refractivity contribution < 1.29 is 4.79 Å². The average molecular weight is 353 g/mol. The summed E-state index contributed by atoms with van der Waals surface area (Å²) >= 11 is 3.44. The molecule has 0 aliphatic heterocycles. The number of rotatable bonds is 6. The van der Waals surface area contributed by atoms with E-state index >= 15 is 0 Å². The molecule has 2 rings (SSSR count). The summed E-state index contributed by atoms with van der Waals surface area (Å²) in [5, 5.41) is 0. The van der Waals surface area contributed by atoms with Gasteiger partial charge in [-0.1, -0.05) is 41.9 Å². The van der Waals surface area contributed by atoms with E-state index < -0.39 is 0 Å². The van der Waals surface area contributed by atoms with E-state index in [1.54, 1.807) is 0 Å². The molecule has 116 valence electrons. The smallest absolute Gasteiger partial charge is 0.232 e. The van der Waals surface area contributed by atoms with Crippen molar-refractivity contribution in [2.45, 2.75) is 44.6 Å². The molecule has 1 fully saturated rings. The zero-order chi connectivity index (χ0) is 15.6. The van der Waals surface area contributed by atoms with Crippen molar-refractivity contribution in [3.8, 4) is 0 Å². The number of hydrogen-bond acceptors (Lipinski definition) is 2. The van der Waals surface area contributed by atoms with Crippen LogP contribution in [0.2, 0.25) is 0 Å². The second-order valence-electron chi connectivity index (χ2n) is 6.51. The summed E-state index contributed by atoms with van der Waals surface area (Å²) in [5.41, 5.74) is 6.93. The van der Waals surface area contributed by atoms with Crippen LogP contribution in [0.15, 0.2) is 28.7 Å². The van der Waals surface area contributed by atoms with Gasteiger partial charge in [-0.25, -0.2) is 0 Å². The van der Waals surface area contributed by atoms with Gasteiger partial charge in [0.05, 0.1) is 5.41 Å². The molecule has 4 heteroatoms. The molecule has 1 aliphatic carbocycles. The first kappa shape index (κ1) is 16.5. The zero-order valence-corrected chi connectivity index (χ0v) is 14.7. The Morgan fingerprint density at radius 3 is 2.38 bits per heavy atom. The fraction of sp³-hybridized carbons (Fsp3) is 0.588.